The van der Waals surface area contributed by atoms with Gasteiger partial charge in [-0.15, -0.1) is 0 Å². The van der Waals surface area contributed by atoms with E-state index in [-0.39, 0.29) is 18.4 Å². The highest BCUT2D eigenvalue weighted by Gasteiger charge is 2.15. The third kappa shape index (κ3) is 5.17. The Morgan fingerprint density at radius 2 is 2.04 bits per heavy atom. The molecule has 2 aromatic rings. The number of rotatable bonds is 5. The summed E-state index contributed by atoms with van der Waals surface area (Å²) >= 11 is 3.39. The number of anilines is 1. The molecule has 1 aromatic heterocycles. The van der Waals surface area contributed by atoms with Crippen molar-refractivity contribution in [3.05, 3.63) is 58.3 Å². The van der Waals surface area contributed by atoms with Gasteiger partial charge in [0.25, 0.3) is 0 Å². The molecule has 1 heterocycles. The van der Waals surface area contributed by atoms with Crippen LogP contribution in [0.1, 0.15) is 18.2 Å². The van der Waals surface area contributed by atoms with E-state index >= 15 is 0 Å². The summed E-state index contributed by atoms with van der Waals surface area (Å²) in [5, 5.41) is 2.83. The lowest BCUT2D eigenvalue weighted by molar-refractivity contribution is -0.133. The van der Waals surface area contributed by atoms with Crippen molar-refractivity contribution in [2.24, 2.45) is 0 Å². The minimum absolute atomic E-state index is 0.0125. The summed E-state index contributed by atoms with van der Waals surface area (Å²) in [5.41, 5.74) is 2.43. The highest BCUT2D eigenvalue weighted by Crippen LogP contribution is 2.20. The van der Waals surface area contributed by atoms with Crippen LogP contribution < -0.4 is 5.32 Å². The van der Waals surface area contributed by atoms with Crippen LogP contribution in [0, 0.1) is 6.92 Å². The molecule has 0 aliphatic heterocycles. The molecular formula is C17H18BrN3O2. The van der Waals surface area contributed by atoms with Crippen molar-refractivity contribution in [1.29, 1.82) is 0 Å². The number of aryl methyl sites for hydroxylation is 1. The van der Waals surface area contributed by atoms with E-state index in [4.69, 9.17) is 0 Å². The van der Waals surface area contributed by atoms with Crippen LogP contribution >= 0.6 is 15.9 Å². The second kappa shape index (κ2) is 7.87. The van der Waals surface area contributed by atoms with E-state index in [0.29, 0.717) is 6.54 Å². The zero-order chi connectivity index (χ0) is 16.8. The summed E-state index contributed by atoms with van der Waals surface area (Å²) in [5.74, 6) is -0.403. The third-order valence-electron chi connectivity index (χ3n) is 3.32. The van der Waals surface area contributed by atoms with Crippen molar-refractivity contribution in [1.82, 2.24) is 9.88 Å². The van der Waals surface area contributed by atoms with E-state index in [1.807, 2.05) is 43.3 Å². The Bertz CT molecular complexity index is 704. The van der Waals surface area contributed by atoms with Crippen molar-refractivity contribution < 1.29 is 9.59 Å². The number of halogens is 1. The first-order valence-corrected chi connectivity index (χ1v) is 7.96. The van der Waals surface area contributed by atoms with Crippen molar-refractivity contribution >= 4 is 33.4 Å². The number of hydrogen-bond acceptors (Lipinski definition) is 3. The molecule has 0 saturated carbocycles. The molecule has 1 aromatic carbocycles. The maximum atomic E-state index is 12.2. The number of pyridine rings is 1. The number of benzene rings is 1. The molecule has 0 unspecified atom stereocenters. The van der Waals surface area contributed by atoms with Crippen LogP contribution in [-0.4, -0.2) is 28.2 Å². The molecule has 1 N–H and O–H groups in total. The quantitative estimate of drug-likeness (QED) is 0.872. The van der Waals surface area contributed by atoms with Crippen LogP contribution in [0.2, 0.25) is 0 Å². The normalized spacial score (nSPS) is 10.2. The molecule has 120 valence electrons. The number of amides is 2. The zero-order valence-electron chi connectivity index (χ0n) is 13.0. The van der Waals surface area contributed by atoms with Gasteiger partial charge in [0, 0.05) is 23.3 Å². The van der Waals surface area contributed by atoms with E-state index < -0.39 is 0 Å². The van der Waals surface area contributed by atoms with Gasteiger partial charge in [0.05, 0.1) is 12.2 Å². The molecule has 0 aliphatic carbocycles. The Labute approximate surface area is 143 Å². The maximum Gasteiger partial charge on any atom is 0.244 e. The fourth-order valence-electron chi connectivity index (χ4n) is 2.10. The van der Waals surface area contributed by atoms with E-state index in [1.165, 1.54) is 11.8 Å². The van der Waals surface area contributed by atoms with E-state index in [1.54, 1.807) is 6.20 Å². The first-order valence-electron chi connectivity index (χ1n) is 7.17. The van der Waals surface area contributed by atoms with Gasteiger partial charge in [-0.05, 0) is 42.8 Å². The lowest BCUT2D eigenvalue weighted by Crippen LogP contribution is -2.36. The van der Waals surface area contributed by atoms with Gasteiger partial charge in [-0.25, -0.2) is 0 Å². The second-order valence-electron chi connectivity index (χ2n) is 5.20. The van der Waals surface area contributed by atoms with Crippen LogP contribution in [0.15, 0.2) is 47.1 Å². The van der Waals surface area contributed by atoms with Gasteiger partial charge in [-0.2, -0.15) is 0 Å². The molecule has 6 heteroatoms. The third-order valence-corrected chi connectivity index (χ3v) is 3.81. The average Bonchev–Trinajstić information content (AvgIpc) is 2.50. The Balaban J connectivity index is 2.02. The summed E-state index contributed by atoms with van der Waals surface area (Å²) in [4.78, 5) is 29.6. The first-order chi connectivity index (χ1) is 11.0. The minimum Gasteiger partial charge on any atom is -0.328 e. The van der Waals surface area contributed by atoms with Crippen LogP contribution in [0.25, 0.3) is 0 Å². The minimum atomic E-state index is -0.235. The van der Waals surface area contributed by atoms with Crippen LogP contribution in [0.3, 0.4) is 0 Å². The SMILES string of the molecule is CC(=O)N(CC(=O)Nc1ccc(Br)cc1C)Cc1ccccn1. The Morgan fingerprint density at radius 1 is 1.26 bits per heavy atom. The number of hydrogen-bond donors (Lipinski definition) is 1. The molecular weight excluding hydrogens is 358 g/mol. The van der Waals surface area contributed by atoms with Crippen molar-refractivity contribution in [3.63, 3.8) is 0 Å². The van der Waals surface area contributed by atoms with Crippen LogP contribution in [0.4, 0.5) is 5.69 Å². The lowest BCUT2D eigenvalue weighted by atomic mass is 10.2. The molecule has 0 spiro atoms. The van der Waals surface area contributed by atoms with Gasteiger partial charge < -0.3 is 10.2 Å². The highest BCUT2D eigenvalue weighted by atomic mass is 79.9. The molecule has 0 aliphatic rings. The number of aromatic nitrogens is 1. The number of carbonyl (C=O) groups excluding carboxylic acids is 2. The molecule has 0 atom stereocenters. The number of nitrogens with zero attached hydrogens (tertiary/aromatic N) is 2. The summed E-state index contributed by atoms with van der Waals surface area (Å²) in [7, 11) is 0. The summed E-state index contributed by atoms with van der Waals surface area (Å²) in [6.07, 6.45) is 1.67. The highest BCUT2D eigenvalue weighted by molar-refractivity contribution is 9.10. The van der Waals surface area contributed by atoms with E-state index in [0.717, 1.165) is 21.4 Å². The molecule has 0 bridgehead atoms. The monoisotopic (exact) mass is 375 g/mol. The van der Waals surface area contributed by atoms with Crippen molar-refractivity contribution in [3.8, 4) is 0 Å². The largest absolute Gasteiger partial charge is 0.328 e. The van der Waals surface area contributed by atoms with Gasteiger partial charge >= 0.3 is 0 Å². The van der Waals surface area contributed by atoms with Gasteiger partial charge in [-0.1, -0.05) is 22.0 Å². The first kappa shape index (κ1) is 17.1. The topological polar surface area (TPSA) is 62.3 Å². The smallest absolute Gasteiger partial charge is 0.244 e. The predicted molar refractivity (Wildman–Crippen MR) is 92.8 cm³/mol. The molecule has 5 nitrogen and oxygen atoms in total. The molecule has 0 saturated heterocycles. The number of carbonyl (C=O) groups is 2. The Morgan fingerprint density at radius 3 is 2.65 bits per heavy atom. The van der Waals surface area contributed by atoms with E-state index in [9.17, 15) is 9.59 Å². The summed E-state index contributed by atoms with van der Waals surface area (Å²) in [6.45, 7) is 3.66. The lowest BCUT2D eigenvalue weighted by Gasteiger charge is -2.20. The van der Waals surface area contributed by atoms with Gasteiger partial charge in [0.2, 0.25) is 11.8 Å². The molecule has 0 radical (unpaired) electrons. The van der Waals surface area contributed by atoms with E-state index in [2.05, 4.69) is 26.2 Å². The molecule has 0 fully saturated rings. The maximum absolute atomic E-state index is 12.2. The zero-order valence-corrected chi connectivity index (χ0v) is 14.6. The standard InChI is InChI=1S/C17H18BrN3O2/c1-12-9-14(18)6-7-16(12)20-17(23)11-21(13(2)22)10-15-5-3-4-8-19-15/h3-9H,10-11H2,1-2H3,(H,20,23). The number of nitrogens with one attached hydrogen (secondary N) is 1. The van der Waals surface area contributed by atoms with Crippen LogP contribution in [-0.2, 0) is 16.1 Å². The fraction of sp³-hybridized carbons (Fsp3) is 0.235. The Hall–Kier alpha value is -2.21. The van der Waals surface area contributed by atoms with Gasteiger partial charge in [0.1, 0.15) is 6.54 Å². The molecule has 2 amide bonds. The van der Waals surface area contributed by atoms with Crippen LogP contribution in [0.5, 0.6) is 0 Å². The van der Waals surface area contributed by atoms with Gasteiger partial charge in [-0.3, -0.25) is 14.6 Å². The average molecular weight is 376 g/mol. The fourth-order valence-corrected chi connectivity index (χ4v) is 2.57. The summed E-state index contributed by atoms with van der Waals surface area (Å²) < 4.78 is 0.952. The predicted octanol–water partition coefficient (Wildman–Crippen LogP) is 3.14. The second-order valence-corrected chi connectivity index (χ2v) is 6.12. The summed E-state index contributed by atoms with van der Waals surface area (Å²) in [6, 6.07) is 11.1. The molecule has 23 heavy (non-hydrogen) atoms. The Kier molecular flexibility index (Phi) is 5.87. The van der Waals surface area contributed by atoms with Crippen molar-refractivity contribution in [2.45, 2.75) is 20.4 Å². The molecule has 2 rings (SSSR count). The van der Waals surface area contributed by atoms with Gasteiger partial charge in [0.15, 0.2) is 0 Å². The van der Waals surface area contributed by atoms with Crippen molar-refractivity contribution in [2.75, 3.05) is 11.9 Å².